The van der Waals surface area contributed by atoms with Crippen molar-refractivity contribution in [3.05, 3.63) is 81.6 Å². The topological polar surface area (TPSA) is 40.6 Å². The number of hydrogen-bond acceptors (Lipinski definition) is 6. The lowest BCUT2D eigenvalue weighted by molar-refractivity contribution is -0.124. The fraction of sp³-hybridized carbons (Fsp3) is 0.182. The van der Waals surface area contributed by atoms with Gasteiger partial charge in [-0.05, 0) is 24.0 Å². The lowest BCUT2D eigenvalue weighted by Gasteiger charge is -2.14. The molecule has 2 aromatic rings. The predicted molar refractivity (Wildman–Crippen MR) is 131 cm³/mol. The highest BCUT2D eigenvalue weighted by molar-refractivity contribution is 8.29. The Morgan fingerprint density at radius 2 is 1.00 bits per heavy atom. The molecule has 0 bridgehead atoms. The van der Waals surface area contributed by atoms with E-state index in [0.717, 1.165) is 11.1 Å². The first kappa shape index (κ1) is 21.2. The molecule has 2 heterocycles. The highest BCUT2D eigenvalue weighted by Crippen LogP contribution is 2.42. The van der Waals surface area contributed by atoms with Gasteiger partial charge in [-0.15, -0.1) is 0 Å². The van der Waals surface area contributed by atoms with Crippen LogP contribution in [0.5, 0.6) is 0 Å². The summed E-state index contributed by atoms with van der Waals surface area (Å²) in [6.45, 7) is 0.985. The van der Waals surface area contributed by atoms with Crippen LogP contribution >= 0.6 is 48.0 Å². The maximum Gasteiger partial charge on any atom is 0.267 e. The van der Waals surface area contributed by atoms with Crippen LogP contribution in [0.15, 0.2) is 70.5 Å². The summed E-state index contributed by atoms with van der Waals surface area (Å²) in [6.07, 6.45) is 1.41. The van der Waals surface area contributed by atoms with Gasteiger partial charge in [0.1, 0.15) is 8.64 Å². The second-order valence-electron chi connectivity index (χ2n) is 6.78. The third kappa shape index (κ3) is 4.51. The molecule has 0 unspecified atom stereocenters. The zero-order valence-corrected chi connectivity index (χ0v) is 19.2. The van der Waals surface area contributed by atoms with Gasteiger partial charge in [0.2, 0.25) is 0 Å². The summed E-state index contributed by atoms with van der Waals surface area (Å²) in [5, 5.41) is 0. The fourth-order valence-electron chi connectivity index (χ4n) is 3.23. The summed E-state index contributed by atoms with van der Waals surface area (Å²) in [5.41, 5.74) is 2.28. The van der Waals surface area contributed by atoms with Crippen LogP contribution in [-0.2, 0) is 22.4 Å². The SMILES string of the molecule is O=C1C(=C2SC(=S)N(CCc3ccccc3)C2=O)SC(=S)N1CCc1ccccc1. The highest BCUT2D eigenvalue weighted by Gasteiger charge is 2.41. The van der Waals surface area contributed by atoms with Crippen molar-refractivity contribution in [1.82, 2.24) is 9.80 Å². The number of hydrogen-bond donors (Lipinski definition) is 0. The number of carbonyl (C=O) groups is 2. The molecular formula is C22H18N2O2S4. The molecule has 30 heavy (non-hydrogen) atoms. The minimum Gasteiger partial charge on any atom is -0.293 e. The third-order valence-corrected chi connectivity index (χ3v) is 7.86. The van der Waals surface area contributed by atoms with Gasteiger partial charge in [0.15, 0.2) is 0 Å². The average Bonchev–Trinajstić information content (AvgIpc) is 3.20. The van der Waals surface area contributed by atoms with Crippen molar-refractivity contribution < 1.29 is 9.59 Å². The molecule has 0 spiro atoms. The number of amides is 2. The molecular weight excluding hydrogens is 453 g/mol. The first-order valence-corrected chi connectivity index (χ1v) is 11.9. The Kier molecular flexibility index (Phi) is 6.67. The minimum atomic E-state index is -0.204. The van der Waals surface area contributed by atoms with Gasteiger partial charge < -0.3 is 0 Å². The molecule has 2 aromatic carbocycles. The zero-order valence-electron chi connectivity index (χ0n) is 15.9. The summed E-state index contributed by atoms with van der Waals surface area (Å²) in [7, 11) is 0. The van der Waals surface area contributed by atoms with E-state index < -0.39 is 0 Å². The van der Waals surface area contributed by atoms with Crippen molar-refractivity contribution in [2.45, 2.75) is 12.8 Å². The Bertz CT molecular complexity index is 954. The van der Waals surface area contributed by atoms with Gasteiger partial charge in [-0.1, -0.05) is 109 Å². The van der Waals surface area contributed by atoms with Crippen molar-refractivity contribution in [3.8, 4) is 0 Å². The molecule has 8 heteroatoms. The molecule has 2 saturated heterocycles. The van der Waals surface area contributed by atoms with Gasteiger partial charge in [-0.3, -0.25) is 19.4 Å². The highest BCUT2D eigenvalue weighted by atomic mass is 32.2. The lowest BCUT2D eigenvalue weighted by Crippen LogP contribution is -2.32. The van der Waals surface area contributed by atoms with Gasteiger partial charge in [0.25, 0.3) is 11.8 Å². The van der Waals surface area contributed by atoms with E-state index in [1.165, 1.54) is 23.5 Å². The molecule has 2 amide bonds. The fourth-order valence-corrected chi connectivity index (χ4v) is 6.00. The van der Waals surface area contributed by atoms with Crippen LogP contribution in [0.1, 0.15) is 11.1 Å². The predicted octanol–water partition coefficient (Wildman–Crippen LogP) is 4.40. The van der Waals surface area contributed by atoms with E-state index in [-0.39, 0.29) is 11.8 Å². The summed E-state index contributed by atoms with van der Waals surface area (Å²) in [4.78, 5) is 29.9. The average molecular weight is 471 g/mol. The molecule has 0 radical (unpaired) electrons. The molecule has 0 aromatic heterocycles. The summed E-state index contributed by atoms with van der Waals surface area (Å²) >= 11 is 13.2. The maximum absolute atomic E-state index is 13.0. The molecule has 0 N–H and O–H groups in total. The van der Waals surface area contributed by atoms with Crippen molar-refractivity contribution in [1.29, 1.82) is 0 Å². The van der Waals surface area contributed by atoms with E-state index in [0.29, 0.717) is 44.4 Å². The van der Waals surface area contributed by atoms with Crippen LogP contribution < -0.4 is 0 Å². The van der Waals surface area contributed by atoms with Gasteiger partial charge in [-0.2, -0.15) is 0 Å². The van der Waals surface area contributed by atoms with Gasteiger partial charge in [0, 0.05) is 13.1 Å². The smallest absolute Gasteiger partial charge is 0.267 e. The molecule has 2 aliphatic rings. The maximum atomic E-state index is 13.0. The van der Waals surface area contributed by atoms with E-state index in [2.05, 4.69) is 0 Å². The largest absolute Gasteiger partial charge is 0.293 e. The standard InChI is InChI=1S/C22H18N2O2S4/c25-19-17(29-21(27)23(19)13-11-15-7-3-1-4-8-15)18-20(26)24(22(28)30-18)14-12-16-9-5-2-6-10-16/h1-10H,11-14H2. The van der Waals surface area contributed by atoms with Crippen LogP contribution in [0.25, 0.3) is 0 Å². The Morgan fingerprint density at radius 1 is 0.633 bits per heavy atom. The van der Waals surface area contributed by atoms with Crippen LogP contribution in [0.3, 0.4) is 0 Å². The lowest BCUT2D eigenvalue weighted by atomic mass is 10.1. The number of nitrogens with zero attached hydrogens (tertiary/aromatic N) is 2. The van der Waals surface area contributed by atoms with Gasteiger partial charge in [0.05, 0.1) is 9.81 Å². The Balaban J connectivity index is 1.46. The van der Waals surface area contributed by atoms with E-state index >= 15 is 0 Å². The number of thiocarbonyl (C=S) groups is 2. The van der Waals surface area contributed by atoms with Crippen LogP contribution in [0, 0.1) is 0 Å². The van der Waals surface area contributed by atoms with Crippen LogP contribution in [-0.4, -0.2) is 43.3 Å². The number of thioether (sulfide) groups is 2. The Labute approximate surface area is 194 Å². The normalized spacial score (nSPS) is 19.3. The van der Waals surface area contributed by atoms with Gasteiger partial charge >= 0.3 is 0 Å². The first-order chi connectivity index (χ1) is 14.5. The Morgan fingerprint density at radius 3 is 1.37 bits per heavy atom. The van der Waals surface area contributed by atoms with Crippen molar-refractivity contribution in [3.63, 3.8) is 0 Å². The third-order valence-electron chi connectivity index (χ3n) is 4.84. The number of carbonyl (C=O) groups excluding carboxylic acids is 2. The summed E-state index contributed by atoms with van der Waals surface area (Å²) in [6, 6.07) is 19.9. The zero-order chi connectivity index (χ0) is 21.1. The number of rotatable bonds is 6. The molecule has 0 aliphatic carbocycles. The van der Waals surface area contributed by atoms with Crippen LogP contribution in [0.4, 0.5) is 0 Å². The molecule has 4 nitrogen and oxygen atoms in total. The van der Waals surface area contributed by atoms with E-state index in [1.54, 1.807) is 9.80 Å². The molecule has 152 valence electrons. The van der Waals surface area contributed by atoms with Crippen LogP contribution in [0.2, 0.25) is 0 Å². The minimum absolute atomic E-state index is 0.204. The van der Waals surface area contributed by atoms with Gasteiger partial charge in [-0.25, -0.2) is 0 Å². The van der Waals surface area contributed by atoms with E-state index in [1.807, 2.05) is 60.7 Å². The monoisotopic (exact) mass is 470 g/mol. The quantitative estimate of drug-likeness (QED) is 0.460. The molecule has 0 saturated carbocycles. The molecule has 4 rings (SSSR count). The summed E-state index contributed by atoms with van der Waals surface area (Å²) < 4.78 is 0.973. The first-order valence-electron chi connectivity index (χ1n) is 9.44. The molecule has 2 fully saturated rings. The van der Waals surface area contributed by atoms with Crippen molar-refractivity contribution in [2.24, 2.45) is 0 Å². The second-order valence-corrected chi connectivity index (χ2v) is 10.1. The van der Waals surface area contributed by atoms with E-state index in [9.17, 15) is 9.59 Å². The second kappa shape index (κ2) is 9.43. The number of benzene rings is 2. The molecule has 0 atom stereocenters. The molecule has 2 aliphatic heterocycles. The Hall–Kier alpha value is -2.00. The van der Waals surface area contributed by atoms with E-state index in [4.69, 9.17) is 24.4 Å². The van der Waals surface area contributed by atoms with Crippen molar-refractivity contribution in [2.75, 3.05) is 13.1 Å². The van der Waals surface area contributed by atoms with Crippen molar-refractivity contribution >= 4 is 68.4 Å². The summed E-state index contributed by atoms with van der Waals surface area (Å²) in [5.74, 6) is -0.408.